The molecule has 2 amide bonds. The summed E-state index contributed by atoms with van der Waals surface area (Å²) in [6, 6.07) is 7.24. The van der Waals surface area contributed by atoms with Crippen molar-refractivity contribution >= 4 is 33.4 Å². The van der Waals surface area contributed by atoms with E-state index in [-0.39, 0.29) is 24.4 Å². The van der Waals surface area contributed by atoms with E-state index in [9.17, 15) is 9.59 Å². The normalized spacial score (nSPS) is 19.0. The van der Waals surface area contributed by atoms with Gasteiger partial charge in [0.1, 0.15) is 0 Å². The summed E-state index contributed by atoms with van der Waals surface area (Å²) in [5.41, 5.74) is 0.715. The molecule has 108 valence electrons. The van der Waals surface area contributed by atoms with Crippen molar-refractivity contribution in [3.63, 3.8) is 0 Å². The number of halogens is 1. The van der Waals surface area contributed by atoms with Crippen LogP contribution < -0.4 is 10.6 Å². The molecule has 1 heterocycles. The molecule has 2 N–H and O–H groups in total. The van der Waals surface area contributed by atoms with E-state index in [1.165, 1.54) is 0 Å². The lowest BCUT2D eigenvalue weighted by atomic mass is 10.1. The zero-order chi connectivity index (χ0) is 14.5. The van der Waals surface area contributed by atoms with E-state index < -0.39 is 0 Å². The predicted molar refractivity (Wildman–Crippen MR) is 81.4 cm³/mol. The van der Waals surface area contributed by atoms with Crippen LogP contribution in [0.3, 0.4) is 0 Å². The average Bonchev–Trinajstić information content (AvgIpc) is 2.44. The van der Waals surface area contributed by atoms with Crippen LogP contribution in [0.2, 0.25) is 0 Å². The summed E-state index contributed by atoms with van der Waals surface area (Å²) in [4.78, 5) is 25.7. The maximum Gasteiger partial charge on any atom is 0.244 e. The Bertz CT molecular complexity index is 507. The zero-order valence-electron chi connectivity index (χ0n) is 11.4. The smallest absolute Gasteiger partial charge is 0.244 e. The number of nitrogens with one attached hydrogen (secondary N) is 2. The molecule has 0 saturated carbocycles. The summed E-state index contributed by atoms with van der Waals surface area (Å²) >= 11 is 3.38. The molecule has 1 aromatic carbocycles. The number of piperazine rings is 1. The number of carbonyl (C=O) groups is 2. The second kappa shape index (κ2) is 6.85. The summed E-state index contributed by atoms with van der Waals surface area (Å²) in [5, 5.41) is 5.96. The highest BCUT2D eigenvalue weighted by molar-refractivity contribution is 9.10. The Balaban J connectivity index is 1.94. The molecular weight excluding hydrogens is 322 g/mol. The number of hydrogen-bond acceptors (Lipinski definition) is 3. The number of para-hydroxylation sites is 1. The van der Waals surface area contributed by atoms with Crippen molar-refractivity contribution in [2.45, 2.75) is 19.4 Å². The van der Waals surface area contributed by atoms with Gasteiger partial charge in [0.15, 0.2) is 0 Å². The monoisotopic (exact) mass is 339 g/mol. The Morgan fingerprint density at radius 2 is 2.25 bits per heavy atom. The fourth-order valence-electron chi connectivity index (χ4n) is 2.19. The number of carbonyl (C=O) groups excluding carboxylic acids is 2. The van der Waals surface area contributed by atoms with Gasteiger partial charge in [-0.15, -0.1) is 0 Å². The Hall–Kier alpha value is -1.40. The molecular formula is C14H18BrN3O2. The van der Waals surface area contributed by atoms with E-state index in [0.29, 0.717) is 12.2 Å². The second-order valence-corrected chi connectivity index (χ2v) is 5.56. The van der Waals surface area contributed by atoms with Crippen LogP contribution in [0.25, 0.3) is 0 Å². The summed E-state index contributed by atoms with van der Waals surface area (Å²) in [6.07, 6.45) is 0.737. The van der Waals surface area contributed by atoms with Gasteiger partial charge in [0.25, 0.3) is 0 Å². The number of anilines is 1. The van der Waals surface area contributed by atoms with Crippen molar-refractivity contribution < 1.29 is 9.59 Å². The van der Waals surface area contributed by atoms with Gasteiger partial charge in [0.05, 0.1) is 18.3 Å². The third-order valence-corrected chi connectivity index (χ3v) is 3.96. The van der Waals surface area contributed by atoms with Crippen LogP contribution in [0.15, 0.2) is 28.7 Å². The van der Waals surface area contributed by atoms with Gasteiger partial charge < -0.3 is 15.5 Å². The quantitative estimate of drug-likeness (QED) is 0.875. The van der Waals surface area contributed by atoms with Gasteiger partial charge >= 0.3 is 0 Å². The third kappa shape index (κ3) is 3.58. The van der Waals surface area contributed by atoms with Gasteiger partial charge in [-0.05, 0) is 34.5 Å². The van der Waals surface area contributed by atoms with Gasteiger partial charge in [-0.25, -0.2) is 0 Å². The first-order chi connectivity index (χ1) is 9.61. The molecule has 1 fully saturated rings. The highest BCUT2D eigenvalue weighted by Crippen LogP contribution is 2.21. The molecule has 20 heavy (non-hydrogen) atoms. The van der Waals surface area contributed by atoms with E-state index in [2.05, 4.69) is 26.6 Å². The number of hydrogen-bond donors (Lipinski definition) is 2. The third-order valence-electron chi connectivity index (χ3n) is 3.27. The van der Waals surface area contributed by atoms with E-state index >= 15 is 0 Å². The van der Waals surface area contributed by atoms with Crippen LogP contribution in [0.1, 0.15) is 13.3 Å². The van der Waals surface area contributed by atoms with E-state index in [4.69, 9.17) is 0 Å². The number of benzene rings is 1. The molecule has 6 heteroatoms. The van der Waals surface area contributed by atoms with Crippen molar-refractivity contribution in [1.29, 1.82) is 0 Å². The second-order valence-electron chi connectivity index (χ2n) is 4.70. The molecule has 0 aromatic heterocycles. The molecule has 0 spiro atoms. The van der Waals surface area contributed by atoms with Crippen molar-refractivity contribution in [2.24, 2.45) is 0 Å². The first-order valence-electron chi connectivity index (χ1n) is 6.68. The SMILES string of the molecule is CCC1NCCN(CC(=O)Nc2ccccc2Br)C1=O. The summed E-state index contributed by atoms with van der Waals surface area (Å²) in [7, 11) is 0. The number of amides is 2. The molecule has 1 aliphatic heterocycles. The lowest BCUT2D eigenvalue weighted by molar-refractivity contribution is -0.138. The molecule has 2 rings (SSSR count). The molecule has 0 bridgehead atoms. The van der Waals surface area contributed by atoms with Gasteiger partial charge in [-0.1, -0.05) is 19.1 Å². The Morgan fingerprint density at radius 1 is 1.50 bits per heavy atom. The van der Waals surface area contributed by atoms with E-state index in [0.717, 1.165) is 17.4 Å². The summed E-state index contributed by atoms with van der Waals surface area (Å²) in [5.74, 6) is -0.178. The zero-order valence-corrected chi connectivity index (χ0v) is 12.9. The highest BCUT2D eigenvalue weighted by Gasteiger charge is 2.28. The molecule has 1 saturated heterocycles. The maximum absolute atomic E-state index is 12.1. The molecule has 1 aromatic rings. The first kappa shape index (κ1) is 15.0. The van der Waals surface area contributed by atoms with Gasteiger partial charge in [0, 0.05) is 17.6 Å². The standard InChI is InChI=1S/C14H18BrN3O2/c1-2-11-14(20)18(8-7-16-11)9-13(19)17-12-6-4-3-5-10(12)15/h3-6,11,16H,2,7-9H2,1H3,(H,17,19). The lowest BCUT2D eigenvalue weighted by Gasteiger charge is -2.32. The Labute approximate surface area is 126 Å². The highest BCUT2D eigenvalue weighted by atomic mass is 79.9. The maximum atomic E-state index is 12.1. The van der Waals surface area contributed by atoms with E-state index in [1.54, 1.807) is 4.90 Å². The fourth-order valence-corrected chi connectivity index (χ4v) is 2.58. The predicted octanol–water partition coefficient (Wildman–Crippen LogP) is 1.60. The fraction of sp³-hybridized carbons (Fsp3) is 0.429. The minimum absolute atomic E-state index is 0.000951. The Kier molecular flexibility index (Phi) is 5.14. The van der Waals surface area contributed by atoms with Crippen molar-refractivity contribution in [3.05, 3.63) is 28.7 Å². The molecule has 5 nitrogen and oxygen atoms in total. The van der Waals surface area contributed by atoms with Gasteiger partial charge in [0.2, 0.25) is 11.8 Å². The minimum atomic E-state index is -0.179. The number of nitrogens with zero attached hydrogens (tertiary/aromatic N) is 1. The van der Waals surface area contributed by atoms with Crippen molar-refractivity contribution in [1.82, 2.24) is 10.2 Å². The van der Waals surface area contributed by atoms with Gasteiger partial charge in [-0.2, -0.15) is 0 Å². The largest absolute Gasteiger partial charge is 0.331 e. The topological polar surface area (TPSA) is 61.4 Å². The van der Waals surface area contributed by atoms with Crippen LogP contribution in [-0.4, -0.2) is 42.4 Å². The first-order valence-corrected chi connectivity index (χ1v) is 7.47. The minimum Gasteiger partial charge on any atom is -0.331 e. The van der Waals surface area contributed by atoms with Crippen LogP contribution in [0.4, 0.5) is 5.69 Å². The van der Waals surface area contributed by atoms with E-state index in [1.807, 2.05) is 31.2 Å². The molecule has 1 unspecified atom stereocenters. The molecule has 0 radical (unpaired) electrons. The summed E-state index contributed by atoms with van der Waals surface area (Å²) < 4.78 is 0.825. The van der Waals surface area contributed by atoms with Crippen LogP contribution >= 0.6 is 15.9 Å². The molecule has 1 atom stereocenters. The number of rotatable bonds is 4. The molecule has 0 aliphatic carbocycles. The van der Waals surface area contributed by atoms with Crippen LogP contribution in [0, 0.1) is 0 Å². The van der Waals surface area contributed by atoms with Crippen LogP contribution in [0.5, 0.6) is 0 Å². The summed E-state index contributed by atoms with van der Waals surface area (Å²) in [6.45, 7) is 3.35. The van der Waals surface area contributed by atoms with Crippen molar-refractivity contribution in [3.8, 4) is 0 Å². The van der Waals surface area contributed by atoms with Crippen molar-refractivity contribution in [2.75, 3.05) is 25.0 Å². The lowest BCUT2D eigenvalue weighted by Crippen LogP contribution is -2.56. The molecule has 1 aliphatic rings. The average molecular weight is 340 g/mol. The van der Waals surface area contributed by atoms with Gasteiger partial charge in [-0.3, -0.25) is 9.59 Å². The Morgan fingerprint density at radius 3 is 2.95 bits per heavy atom. The van der Waals surface area contributed by atoms with Crippen LogP contribution in [-0.2, 0) is 9.59 Å².